The van der Waals surface area contributed by atoms with E-state index in [1.165, 1.54) is 0 Å². The maximum Gasteiger partial charge on any atom is 0.124 e. The number of ether oxygens (including phenoxy) is 2. The van der Waals surface area contributed by atoms with Crippen molar-refractivity contribution in [3.63, 3.8) is 0 Å². The van der Waals surface area contributed by atoms with Gasteiger partial charge < -0.3 is 14.0 Å². The zero-order valence-electron chi connectivity index (χ0n) is 12.1. The lowest BCUT2D eigenvalue weighted by Crippen LogP contribution is -2.03. The van der Waals surface area contributed by atoms with Gasteiger partial charge >= 0.3 is 0 Å². The highest BCUT2D eigenvalue weighted by atomic mass is 35.5. The molecule has 0 atom stereocenters. The third-order valence-corrected chi connectivity index (χ3v) is 3.62. The van der Waals surface area contributed by atoms with E-state index in [0.29, 0.717) is 5.88 Å². The second-order valence-corrected chi connectivity index (χ2v) is 4.99. The van der Waals surface area contributed by atoms with Gasteiger partial charge in [-0.15, -0.1) is 11.6 Å². The van der Waals surface area contributed by atoms with Crippen molar-refractivity contribution >= 4 is 22.6 Å². The van der Waals surface area contributed by atoms with Gasteiger partial charge in [-0.25, -0.2) is 4.98 Å². The van der Waals surface area contributed by atoms with Crippen molar-refractivity contribution in [1.82, 2.24) is 9.55 Å². The van der Waals surface area contributed by atoms with Crippen molar-refractivity contribution in [3.8, 4) is 5.75 Å². The molecule has 0 N–H and O–H groups in total. The first-order valence-electron chi connectivity index (χ1n) is 6.88. The summed E-state index contributed by atoms with van der Waals surface area (Å²) in [7, 11) is 3.40. The summed E-state index contributed by atoms with van der Waals surface area (Å²) in [5, 5.41) is 0. The van der Waals surface area contributed by atoms with Crippen molar-refractivity contribution in [2.45, 2.75) is 31.7 Å². The highest BCUT2D eigenvalue weighted by Gasteiger charge is 2.10. The summed E-state index contributed by atoms with van der Waals surface area (Å²) < 4.78 is 12.5. The quantitative estimate of drug-likeness (QED) is 0.551. The summed E-state index contributed by atoms with van der Waals surface area (Å²) in [6, 6.07) is 5.96. The average molecular weight is 297 g/mol. The van der Waals surface area contributed by atoms with Crippen LogP contribution >= 0.6 is 11.6 Å². The van der Waals surface area contributed by atoms with Gasteiger partial charge in [0.1, 0.15) is 11.6 Å². The first kappa shape index (κ1) is 15.1. The predicted molar refractivity (Wildman–Crippen MR) is 81.6 cm³/mol. The minimum absolute atomic E-state index is 0.426. The van der Waals surface area contributed by atoms with Crippen LogP contribution < -0.4 is 4.74 Å². The number of methoxy groups -OCH3 is 2. The number of rotatable bonds is 8. The minimum atomic E-state index is 0.426. The van der Waals surface area contributed by atoms with Gasteiger partial charge in [0, 0.05) is 26.3 Å². The minimum Gasteiger partial charge on any atom is -0.497 e. The number of aryl methyl sites for hydroxylation is 1. The molecule has 0 aliphatic rings. The normalized spacial score (nSPS) is 11.2. The molecule has 0 bridgehead atoms. The SMILES string of the molecule is COCCCCCn1c(CCl)nc2cc(OC)ccc21. The van der Waals surface area contributed by atoms with Crippen LogP contribution in [0.4, 0.5) is 0 Å². The molecule has 20 heavy (non-hydrogen) atoms. The number of unbranched alkanes of at least 4 members (excludes halogenated alkanes) is 2. The molecule has 0 unspecified atom stereocenters. The molecule has 4 nitrogen and oxygen atoms in total. The van der Waals surface area contributed by atoms with E-state index < -0.39 is 0 Å². The van der Waals surface area contributed by atoms with Gasteiger partial charge in [0.25, 0.3) is 0 Å². The standard InChI is InChI=1S/C15H21ClN2O2/c1-19-9-5-3-4-8-18-14-7-6-12(20-2)10-13(14)17-15(18)11-16/h6-7,10H,3-5,8-9,11H2,1-2H3. The zero-order chi connectivity index (χ0) is 14.4. The largest absolute Gasteiger partial charge is 0.497 e. The number of nitrogens with zero attached hydrogens (tertiary/aromatic N) is 2. The monoisotopic (exact) mass is 296 g/mol. The first-order valence-corrected chi connectivity index (χ1v) is 7.41. The van der Waals surface area contributed by atoms with E-state index in [2.05, 4.69) is 9.55 Å². The molecule has 0 radical (unpaired) electrons. The molecule has 0 amide bonds. The summed E-state index contributed by atoms with van der Waals surface area (Å²) in [6.07, 6.45) is 3.34. The van der Waals surface area contributed by atoms with Gasteiger partial charge in [-0.3, -0.25) is 0 Å². The molecule has 1 aromatic carbocycles. The average Bonchev–Trinajstić information content (AvgIpc) is 2.84. The van der Waals surface area contributed by atoms with Crippen LogP contribution in [0, 0.1) is 0 Å². The molecule has 0 fully saturated rings. The number of fused-ring (bicyclic) bond motifs is 1. The predicted octanol–water partition coefficient (Wildman–Crippen LogP) is 3.60. The second-order valence-electron chi connectivity index (χ2n) is 4.72. The fourth-order valence-corrected chi connectivity index (χ4v) is 2.54. The number of halogens is 1. The van der Waals surface area contributed by atoms with E-state index in [1.54, 1.807) is 14.2 Å². The van der Waals surface area contributed by atoms with Gasteiger partial charge in [-0.1, -0.05) is 0 Å². The molecule has 2 aromatic rings. The van der Waals surface area contributed by atoms with Crippen LogP contribution in [0.25, 0.3) is 11.0 Å². The third kappa shape index (κ3) is 3.44. The highest BCUT2D eigenvalue weighted by Crippen LogP contribution is 2.23. The number of aromatic nitrogens is 2. The van der Waals surface area contributed by atoms with Gasteiger partial charge in [0.05, 0.1) is 24.0 Å². The molecule has 0 aliphatic carbocycles. The van der Waals surface area contributed by atoms with E-state index >= 15 is 0 Å². The molecule has 0 spiro atoms. The number of hydrogen-bond donors (Lipinski definition) is 0. The molecule has 0 aliphatic heterocycles. The van der Waals surface area contributed by atoms with Crippen LogP contribution in [0.15, 0.2) is 18.2 Å². The number of hydrogen-bond acceptors (Lipinski definition) is 3. The lowest BCUT2D eigenvalue weighted by molar-refractivity contribution is 0.191. The van der Waals surface area contributed by atoms with Crippen LogP contribution in [0.1, 0.15) is 25.1 Å². The maximum atomic E-state index is 6.01. The Kier molecular flexibility index (Phi) is 5.68. The Hall–Kier alpha value is -1.26. The molecule has 110 valence electrons. The fraction of sp³-hybridized carbons (Fsp3) is 0.533. The Morgan fingerprint density at radius 3 is 2.75 bits per heavy atom. The zero-order valence-corrected chi connectivity index (χ0v) is 12.8. The van der Waals surface area contributed by atoms with Crippen LogP contribution in [0.3, 0.4) is 0 Å². The number of imidazole rings is 1. The maximum absolute atomic E-state index is 6.01. The molecule has 2 rings (SSSR count). The Balaban J connectivity index is 2.13. The Morgan fingerprint density at radius 1 is 1.20 bits per heavy atom. The molecule has 1 aromatic heterocycles. The molecule has 0 saturated carbocycles. The van der Waals surface area contributed by atoms with Crippen molar-refractivity contribution < 1.29 is 9.47 Å². The van der Waals surface area contributed by atoms with Crippen molar-refractivity contribution in [2.24, 2.45) is 0 Å². The van der Waals surface area contributed by atoms with Crippen molar-refractivity contribution in [3.05, 3.63) is 24.0 Å². The Morgan fingerprint density at radius 2 is 2.05 bits per heavy atom. The van der Waals surface area contributed by atoms with E-state index in [4.69, 9.17) is 21.1 Å². The van der Waals surface area contributed by atoms with Gasteiger partial charge in [0.15, 0.2) is 0 Å². The summed E-state index contributed by atoms with van der Waals surface area (Å²) in [5.41, 5.74) is 2.06. The summed E-state index contributed by atoms with van der Waals surface area (Å²) in [6.45, 7) is 1.76. The second kappa shape index (κ2) is 7.50. The summed E-state index contributed by atoms with van der Waals surface area (Å²) in [4.78, 5) is 4.58. The highest BCUT2D eigenvalue weighted by molar-refractivity contribution is 6.16. The number of benzene rings is 1. The van der Waals surface area contributed by atoms with Crippen molar-refractivity contribution in [2.75, 3.05) is 20.8 Å². The molecular weight excluding hydrogens is 276 g/mol. The molecular formula is C15H21ClN2O2. The van der Waals surface area contributed by atoms with Crippen LogP contribution in [0.2, 0.25) is 0 Å². The van der Waals surface area contributed by atoms with Gasteiger partial charge in [0.2, 0.25) is 0 Å². The van der Waals surface area contributed by atoms with E-state index in [1.807, 2.05) is 18.2 Å². The Bertz CT molecular complexity index is 554. The van der Waals surface area contributed by atoms with Gasteiger partial charge in [-0.05, 0) is 31.4 Å². The van der Waals surface area contributed by atoms with E-state index in [-0.39, 0.29) is 0 Å². The van der Waals surface area contributed by atoms with Crippen LogP contribution in [0.5, 0.6) is 5.75 Å². The molecule has 5 heteroatoms. The van der Waals surface area contributed by atoms with Gasteiger partial charge in [-0.2, -0.15) is 0 Å². The lowest BCUT2D eigenvalue weighted by Gasteiger charge is -2.08. The fourth-order valence-electron chi connectivity index (χ4n) is 2.33. The summed E-state index contributed by atoms with van der Waals surface area (Å²) in [5.74, 6) is 2.17. The first-order chi connectivity index (χ1) is 9.80. The molecule has 1 heterocycles. The van der Waals surface area contributed by atoms with E-state index in [9.17, 15) is 0 Å². The third-order valence-electron chi connectivity index (χ3n) is 3.38. The summed E-state index contributed by atoms with van der Waals surface area (Å²) >= 11 is 6.01. The van der Waals surface area contributed by atoms with Crippen molar-refractivity contribution in [1.29, 1.82) is 0 Å². The van der Waals surface area contributed by atoms with Crippen LogP contribution in [-0.2, 0) is 17.2 Å². The molecule has 0 saturated heterocycles. The Labute approximate surface area is 124 Å². The van der Waals surface area contributed by atoms with Crippen LogP contribution in [-0.4, -0.2) is 30.4 Å². The number of alkyl halides is 1. The lowest BCUT2D eigenvalue weighted by atomic mass is 10.2. The smallest absolute Gasteiger partial charge is 0.124 e. The van der Waals surface area contributed by atoms with E-state index in [0.717, 1.165) is 55.0 Å². The topological polar surface area (TPSA) is 36.3 Å².